The second-order valence-corrected chi connectivity index (χ2v) is 36.0. The summed E-state index contributed by atoms with van der Waals surface area (Å²) in [5, 5.41) is 14.2. The van der Waals surface area contributed by atoms with E-state index in [1.54, 1.807) is 0 Å². The van der Waals surface area contributed by atoms with Gasteiger partial charge in [-0.1, -0.05) is 358 Å². The Morgan fingerprint density at radius 3 is 0.871 bits per heavy atom. The van der Waals surface area contributed by atoms with Crippen LogP contribution in [0.5, 0.6) is 0 Å². The largest absolute Gasteiger partial charge is 0.456 e. The molecule has 0 N–H and O–H groups in total. The third-order valence-electron chi connectivity index (χ3n) is 26.1. The lowest BCUT2D eigenvalue weighted by Gasteiger charge is -2.14. The van der Waals surface area contributed by atoms with E-state index in [0.717, 1.165) is 110 Å². The van der Waals surface area contributed by atoms with Crippen LogP contribution in [0.15, 0.2) is 491 Å². The average Bonchev–Trinajstić information content (AvgIpc) is 1.57. The van der Waals surface area contributed by atoms with E-state index in [0.29, 0.717) is 0 Å². The fourth-order valence-electron chi connectivity index (χ4n) is 19.7. The Hall–Kier alpha value is -16.7. The highest BCUT2D eigenvalue weighted by molar-refractivity contribution is 7.26. The molecule has 618 valence electrons. The SMILES string of the molecule is c1ccc(-c2cc(-c3ccccc3)cc(-c3cc(-c4cccc5oc6ccccc6c45)c4sc5ccccc5c4c3)c2)cc1.c1ccc(-c2ccc(-c3ccc(-c4cc(-c5cccc6sc7ccccc7c56)c5oc6ccccc6c5c4)cc3)cc2)cc1.c1ccc(-c2cccc(-c3ccc(-c4cc(-c5cccc6oc7ccccc7c56)c5oc6ccccc6c5c4)cc3)c2)cc1. The van der Waals surface area contributed by atoms with Gasteiger partial charge in [-0.2, -0.15) is 0 Å². The van der Waals surface area contributed by atoms with Gasteiger partial charge in [-0.25, -0.2) is 0 Å². The molecule has 0 amide bonds. The number of hydrogen-bond acceptors (Lipinski definition) is 6. The first-order chi connectivity index (χ1) is 65.4. The van der Waals surface area contributed by atoms with Crippen molar-refractivity contribution in [2.24, 2.45) is 0 Å². The Bertz CT molecular complexity index is 9050. The molecule has 6 heterocycles. The summed E-state index contributed by atoms with van der Waals surface area (Å²) in [6.45, 7) is 0. The minimum absolute atomic E-state index is 0.875. The lowest BCUT2D eigenvalue weighted by Crippen LogP contribution is -1.88. The lowest BCUT2D eigenvalue weighted by atomic mass is 9.90. The number of fused-ring (bicyclic) bond motifs is 18. The molecule has 21 aromatic carbocycles. The van der Waals surface area contributed by atoms with Crippen LogP contribution in [0.2, 0.25) is 0 Å². The van der Waals surface area contributed by atoms with Crippen LogP contribution in [0, 0.1) is 0 Å². The van der Waals surface area contributed by atoms with Gasteiger partial charge in [-0.3, -0.25) is 0 Å². The van der Waals surface area contributed by atoms with Crippen LogP contribution < -0.4 is 0 Å². The van der Waals surface area contributed by atoms with Gasteiger partial charge in [0.1, 0.15) is 44.7 Å². The molecule has 0 saturated carbocycles. The van der Waals surface area contributed by atoms with Crippen LogP contribution >= 0.6 is 22.7 Å². The van der Waals surface area contributed by atoms with Crippen LogP contribution in [0.3, 0.4) is 0 Å². The fourth-order valence-corrected chi connectivity index (χ4v) is 22.0. The smallest absolute Gasteiger partial charge is 0.143 e. The Kier molecular flexibility index (Phi) is 19.3. The van der Waals surface area contributed by atoms with Gasteiger partial charge in [0.05, 0.1) is 0 Å². The molecular weight excluding hydrogens is 1640 g/mol. The van der Waals surface area contributed by atoms with Crippen molar-refractivity contribution >= 4 is 151 Å². The summed E-state index contributed by atoms with van der Waals surface area (Å²) in [6, 6.07) is 169. The van der Waals surface area contributed by atoms with E-state index in [-0.39, 0.29) is 0 Å². The van der Waals surface area contributed by atoms with Crippen molar-refractivity contribution in [3.63, 3.8) is 0 Å². The molecule has 0 unspecified atom stereocenters. The first-order valence-corrected chi connectivity index (χ1v) is 46.4. The molecule has 6 aromatic heterocycles. The summed E-state index contributed by atoms with van der Waals surface area (Å²) in [5.74, 6) is 0. The van der Waals surface area contributed by atoms with Gasteiger partial charge < -0.3 is 17.7 Å². The van der Waals surface area contributed by atoms with Gasteiger partial charge in [0.15, 0.2) is 0 Å². The van der Waals surface area contributed by atoms with E-state index in [1.807, 2.05) is 65.1 Å². The maximum Gasteiger partial charge on any atom is 0.143 e. The number of furan rings is 4. The van der Waals surface area contributed by atoms with Gasteiger partial charge >= 0.3 is 0 Å². The van der Waals surface area contributed by atoms with Crippen molar-refractivity contribution in [3.05, 3.63) is 473 Å². The Labute approximate surface area is 769 Å². The summed E-state index contributed by atoms with van der Waals surface area (Å²) < 4.78 is 30.9. The zero-order chi connectivity index (χ0) is 87.1. The maximum absolute atomic E-state index is 6.59. The Balaban J connectivity index is 0.000000106. The molecule has 4 nitrogen and oxygen atoms in total. The number of para-hydroxylation sites is 4. The third kappa shape index (κ3) is 14.0. The monoisotopic (exact) mass is 1720 g/mol. The summed E-state index contributed by atoms with van der Waals surface area (Å²) in [5.41, 5.74) is 35.8. The average molecular weight is 1720 g/mol. The first kappa shape index (κ1) is 77.6. The van der Waals surface area contributed by atoms with Gasteiger partial charge in [0.2, 0.25) is 0 Å². The highest BCUT2D eigenvalue weighted by atomic mass is 32.1. The molecule has 0 bridgehead atoms. The summed E-state index contributed by atoms with van der Waals surface area (Å²) in [6.07, 6.45) is 0. The predicted molar refractivity (Wildman–Crippen MR) is 559 cm³/mol. The van der Waals surface area contributed by atoms with E-state index in [9.17, 15) is 0 Å². The Morgan fingerprint density at radius 2 is 0.402 bits per heavy atom. The van der Waals surface area contributed by atoms with E-state index in [2.05, 4.69) is 431 Å². The van der Waals surface area contributed by atoms with Crippen molar-refractivity contribution in [2.45, 2.75) is 0 Å². The van der Waals surface area contributed by atoms with Crippen LogP contribution in [-0.2, 0) is 0 Å². The second-order valence-electron chi connectivity index (χ2n) is 33.9. The molecule has 0 saturated heterocycles. The van der Waals surface area contributed by atoms with Gasteiger partial charge in [0, 0.05) is 100 Å². The minimum atomic E-state index is 0.875. The topological polar surface area (TPSA) is 52.6 Å². The summed E-state index contributed by atoms with van der Waals surface area (Å²) >= 11 is 3.72. The molecule has 27 rings (SSSR count). The van der Waals surface area contributed by atoms with Crippen molar-refractivity contribution in [1.82, 2.24) is 0 Å². The van der Waals surface area contributed by atoms with E-state index in [4.69, 9.17) is 17.7 Å². The first-order valence-electron chi connectivity index (χ1n) is 44.8. The van der Waals surface area contributed by atoms with Crippen LogP contribution in [0.1, 0.15) is 0 Å². The minimum Gasteiger partial charge on any atom is -0.456 e. The molecule has 0 radical (unpaired) electrons. The second kappa shape index (κ2) is 32.8. The molecule has 6 heteroatoms. The maximum atomic E-state index is 6.59. The quantitative estimate of drug-likeness (QED) is 0.122. The lowest BCUT2D eigenvalue weighted by molar-refractivity contribution is 0.668. The number of thiophene rings is 2. The number of rotatable bonds is 12. The standard InChI is InChI=1S/C42H26O2.2C42H26OS/c1-2-10-27(11-3-1)30-12-8-13-31(24-30)28-20-22-29(23-21-28)32-25-36-33-14-4-6-17-38(33)44-42(36)37(26-32)34-16-9-19-40-41(34)35-15-5-7-18-39(35)43-40;1-3-12-27(13-4-1)29-22-30(28-14-5-2-6-15-28)24-31(23-29)32-25-36-33-16-8-10-21-40(33)44-42(36)37(26-32)34-18-11-20-39-41(34)35-17-7-9-19-38(35)43-39;1-2-9-27(10-3-1)28-17-19-29(20-18-28)30-21-23-31(24-22-30)32-25-36-33-11-4-6-14-38(33)43-42(36)37(26-32)34-13-8-16-40-41(34)35-12-5-7-15-39(35)44-40/h3*1-26H. The van der Waals surface area contributed by atoms with Gasteiger partial charge in [0.25, 0.3) is 0 Å². The van der Waals surface area contributed by atoms with E-state index in [1.165, 1.54) is 151 Å². The predicted octanol–water partition coefficient (Wildman–Crippen LogP) is 37.4. The fraction of sp³-hybridized carbons (Fsp3) is 0. The molecule has 0 fully saturated rings. The molecule has 0 aliphatic heterocycles. The van der Waals surface area contributed by atoms with Crippen LogP contribution in [0.25, 0.3) is 262 Å². The van der Waals surface area contributed by atoms with Crippen molar-refractivity contribution in [1.29, 1.82) is 0 Å². The highest BCUT2D eigenvalue weighted by Gasteiger charge is 2.25. The van der Waals surface area contributed by atoms with E-state index >= 15 is 0 Å². The Morgan fingerprint density at radius 1 is 0.129 bits per heavy atom. The van der Waals surface area contributed by atoms with Crippen molar-refractivity contribution < 1.29 is 17.7 Å². The normalized spacial score (nSPS) is 11.6. The molecule has 27 aromatic rings. The number of benzene rings is 21. The highest BCUT2D eigenvalue weighted by Crippen LogP contribution is 2.51. The molecule has 0 aliphatic rings. The third-order valence-corrected chi connectivity index (χ3v) is 28.4. The molecule has 0 spiro atoms. The van der Waals surface area contributed by atoms with Crippen LogP contribution in [-0.4, -0.2) is 0 Å². The summed E-state index contributed by atoms with van der Waals surface area (Å²) in [7, 11) is 0. The van der Waals surface area contributed by atoms with Crippen molar-refractivity contribution in [2.75, 3.05) is 0 Å². The molecule has 0 aliphatic carbocycles. The number of hydrogen-bond donors (Lipinski definition) is 0. The zero-order valence-corrected chi connectivity index (χ0v) is 73.1. The van der Waals surface area contributed by atoms with Crippen molar-refractivity contribution in [3.8, 4) is 134 Å². The molecule has 0 atom stereocenters. The van der Waals surface area contributed by atoms with Gasteiger partial charge in [-0.15, -0.1) is 22.7 Å². The van der Waals surface area contributed by atoms with E-state index < -0.39 is 0 Å². The zero-order valence-electron chi connectivity index (χ0n) is 71.5. The molecule has 132 heavy (non-hydrogen) atoms. The summed E-state index contributed by atoms with van der Waals surface area (Å²) in [4.78, 5) is 0. The van der Waals surface area contributed by atoms with Gasteiger partial charge in [-0.05, 0) is 232 Å². The van der Waals surface area contributed by atoms with Crippen LogP contribution in [0.4, 0.5) is 0 Å². The molecular formula is C126H78O4S2.